The number of phenols is 2. The molecule has 1 fully saturated rings. The molecule has 1 aliphatic heterocycles. The van der Waals surface area contributed by atoms with Crippen LogP contribution in [-0.2, 0) is 0 Å². The van der Waals surface area contributed by atoms with Gasteiger partial charge < -0.3 is 15.5 Å². The molecule has 0 atom stereocenters. The highest BCUT2D eigenvalue weighted by Crippen LogP contribution is 2.38. The largest absolute Gasteiger partial charge is 0.508 e. The predicted octanol–water partition coefficient (Wildman–Crippen LogP) is 4.59. The molecule has 0 amide bonds. The standard InChI is InChI=1S/C25H27FN6O2/c1-24(2)12-15(13-25(3,4)30-24)32-23-21(28-31-32)11-20(27-29-23)18-9-19(26)17(10-22(18)34)14-5-7-16(33)8-6-14/h5-11,15,30,33-34H,12-13H2,1-4H3. The Bertz CT molecular complexity index is 1360. The van der Waals surface area contributed by atoms with Crippen molar-refractivity contribution in [3.63, 3.8) is 0 Å². The summed E-state index contributed by atoms with van der Waals surface area (Å²) in [7, 11) is 0. The number of piperidine rings is 1. The molecule has 4 aromatic rings. The number of halogens is 1. The molecule has 3 heterocycles. The zero-order valence-electron chi connectivity index (χ0n) is 19.5. The minimum atomic E-state index is -0.525. The molecule has 0 spiro atoms. The summed E-state index contributed by atoms with van der Waals surface area (Å²) >= 11 is 0. The van der Waals surface area contributed by atoms with Crippen molar-refractivity contribution in [1.29, 1.82) is 0 Å². The first-order valence-corrected chi connectivity index (χ1v) is 11.2. The molecule has 3 N–H and O–H groups in total. The minimum Gasteiger partial charge on any atom is -0.508 e. The molecule has 5 rings (SSSR count). The summed E-state index contributed by atoms with van der Waals surface area (Å²) in [6.45, 7) is 8.68. The van der Waals surface area contributed by atoms with Gasteiger partial charge in [-0.3, -0.25) is 0 Å². The lowest BCUT2D eigenvalue weighted by Crippen LogP contribution is -2.58. The lowest BCUT2D eigenvalue weighted by molar-refractivity contribution is 0.127. The van der Waals surface area contributed by atoms with Gasteiger partial charge in [0.1, 0.15) is 22.8 Å². The maximum absolute atomic E-state index is 14.9. The van der Waals surface area contributed by atoms with E-state index < -0.39 is 5.82 Å². The van der Waals surface area contributed by atoms with Crippen molar-refractivity contribution >= 4 is 11.2 Å². The second-order valence-corrected chi connectivity index (χ2v) is 10.3. The Morgan fingerprint density at radius 2 is 1.59 bits per heavy atom. The summed E-state index contributed by atoms with van der Waals surface area (Å²) in [4.78, 5) is 0. The van der Waals surface area contributed by atoms with E-state index in [0.29, 0.717) is 22.4 Å². The van der Waals surface area contributed by atoms with Crippen molar-refractivity contribution in [3.05, 3.63) is 48.3 Å². The normalized spacial score (nSPS) is 17.8. The summed E-state index contributed by atoms with van der Waals surface area (Å²) in [5.41, 5.74) is 2.23. The number of rotatable bonds is 3. The maximum Gasteiger partial charge on any atom is 0.201 e. The van der Waals surface area contributed by atoms with Gasteiger partial charge in [-0.15, -0.1) is 15.3 Å². The van der Waals surface area contributed by atoms with Gasteiger partial charge in [-0.1, -0.05) is 17.3 Å². The molecule has 176 valence electrons. The third-order valence-corrected chi connectivity index (χ3v) is 6.27. The average molecular weight is 463 g/mol. The monoisotopic (exact) mass is 462 g/mol. The molecule has 1 aliphatic rings. The first-order chi connectivity index (χ1) is 16.0. The number of aromatic hydroxyl groups is 2. The van der Waals surface area contributed by atoms with Gasteiger partial charge in [0.05, 0.1) is 11.7 Å². The average Bonchev–Trinajstić information content (AvgIpc) is 3.17. The third kappa shape index (κ3) is 4.07. The quantitative estimate of drug-likeness (QED) is 0.409. The van der Waals surface area contributed by atoms with Crippen LogP contribution < -0.4 is 5.32 Å². The van der Waals surface area contributed by atoms with Crippen molar-refractivity contribution in [2.24, 2.45) is 0 Å². The zero-order valence-corrected chi connectivity index (χ0v) is 19.5. The lowest BCUT2D eigenvalue weighted by atomic mass is 9.80. The molecule has 2 aromatic carbocycles. The molecular formula is C25H27FN6O2. The van der Waals surface area contributed by atoms with Gasteiger partial charge in [-0.2, -0.15) is 0 Å². The molecule has 0 bridgehead atoms. The van der Waals surface area contributed by atoms with E-state index in [1.807, 2.05) is 4.68 Å². The highest BCUT2D eigenvalue weighted by atomic mass is 19.1. The smallest absolute Gasteiger partial charge is 0.201 e. The van der Waals surface area contributed by atoms with Crippen LogP contribution in [0.2, 0.25) is 0 Å². The Labute approximate surface area is 196 Å². The molecular weight excluding hydrogens is 435 g/mol. The zero-order chi connectivity index (χ0) is 24.3. The van der Waals surface area contributed by atoms with Crippen molar-refractivity contribution in [3.8, 4) is 33.9 Å². The van der Waals surface area contributed by atoms with E-state index in [9.17, 15) is 14.6 Å². The molecule has 2 aromatic heterocycles. The van der Waals surface area contributed by atoms with Crippen LogP contribution in [0.25, 0.3) is 33.5 Å². The van der Waals surface area contributed by atoms with E-state index in [0.717, 1.165) is 12.8 Å². The number of phenolic OH excluding ortho intramolecular Hbond substituents is 2. The SMILES string of the molecule is CC1(C)CC(n2nnc3cc(-c4cc(F)c(-c5ccc(O)cc5)cc4O)nnc32)CC(C)(C)N1. The van der Waals surface area contributed by atoms with Gasteiger partial charge in [0.25, 0.3) is 0 Å². The summed E-state index contributed by atoms with van der Waals surface area (Å²) in [5.74, 6) is -0.575. The van der Waals surface area contributed by atoms with Crippen LogP contribution >= 0.6 is 0 Å². The molecule has 0 aliphatic carbocycles. The van der Waals surface area contributed by atoms with Crippen molar-refractivity contribution in [2.75, 3.05) is 0 Å². The Morgan fingerprint density at radius 1 is 0.912 bits per heavy atom. The topological polar surface area (TPSA) is 109 Å². The Morgan fingerprint density at radius 3 is 2.26 bits per heavy atom. The summed E-state index contributed by atoms with van der Waals surface area (Å²) in [6, 6.07) is 10.4. The second kappa shape index (κ2) is 7.73. The molecule has 9 heteroatoms. The highest BCUT2D eigenvalue weighted by molar-refractivity contribution is 5.79. The van der Waals surface area contributed by atoms with E-state index in [1.54, 1.807) is 18.2 Å². The van der Waals surface area contributed by atoms with Crippen molar-refractivity contribution < 1.29 is 14.6 Å². The van der Waals surface area contributed by atoms with Gasteiger partial charge >= 0.3 is 0 Å². The van der Waals surface area contributed by atoms with Crippen LogP contribution in [0.3, 0.4) is 0 Å². The van der Waals surface area contributed by atoms with Gasteiger partial charge in [0.15, 0.2) is 0 Å². The number of nitrogens with one attached hydrogen (secondary N) is 1. The molecule has 34 heavy (non-hydrogen) atoms. The summed E-state index contributed by atoms with van der Waals surface area (Å²) in [5, 5.41) is 41.1. The Kier molecular flexibility index (Phi) is 5.05. The fraction of sp³-hybridized carbons (Fsp3) is 0.360. The number of hydrogen-bond donors (Lipinski definition) is 3. The molecule has 1 saturated heterocycles. The third-order valence-electron chi connectivity index (χ3n) is 6.27. The number of fused-ring (bicyclic) bond motifs is 1. The predicted molar refractivity (Wildman–Crippen MR) is 127 cm³/mol. The van der Waals surface area contributed by atoms with Gasteiger partial charge in [0, 0.05) is 22.2 Å². The van der Waals surface area contributed by atoms with E-state index in [4.69, 9.17) is 0 Å². The molecule has 8 nitrogen and oxygen atoms in total. The van der Waals surface area contributed by atoms with E-state index >= 15 is 0 Å². The van der Waals surface area contributed by atoms with Gasteiger partial charge in [-0.25, -0.2) is 9.07 Å². The first kappa shape index (κ1) is 22.2. The van der Waals surface area contributed by atoms with Crippen LogP contribution in [0, 0.1) is 5.82 Å². The van der Waals surface area contributed by atoms with Gasteiger partial charge in [-0.05, 0) is 76.4 Å². The fourth-order valence-electron chi connectivity index (χ4n) is 5.20. The molecule has 0 radical (unpaired) electrons. The second-order valence-electron chi connectivity index (χ2n) is 10.3. The van der Waals surface area contributed by atoms with Crippen LogP contribution in [0.5, 0.6) is 11.5 Å². The fourth-order valence-corrected chi connectivity index (χ4v) is 5.20. The Balaban J connectivity index is 1.50. The van der Waals surface area contributed by atoms with E-state index in [-0.39, 0.29) is 39.7 Å². The number of aromatic nitrogens is 5. The number of hydrogen-bond acceptors (Lipinski definition) is 7. The van der Waals surface area contributed by atoms with Crippen molar-refractivity contribution in [1.82, 2.24) is 30.5 Å². The van der Waals surface area contributed by atoms with Crippen LogP contribution in [0.15, 0.2) is 42.5 Å². The molecule has 0 unspecified atom stereocenters. The van der Waals surface area contributed by atoms with Crippen molar-refractivity contribution in [2.45, 2.75) is 57.7 Å². The maximum atomic E-state index is 14.9. The first-order valence-electron chi connectivity index (χ1n) is 11.2. The van der Waals surface area contributed by atoms with E-state index in [2.05, 4.69) is 53.5 Å². The number of benzene rings is 2. The van der Waals surface area contributed by atoms with Crippen LogP contribution in [0.1, 0.15) is 46.6 Å². The molecule has 0 saturated carbocycles. The summed E-state index contributed by atoms with van der Waals surface area (Å²) in [6.07, 6.45) is 1.73. The van der Waals surface area contributed by atoms with Gasteiger partial charge in [0.2, 0.25) is 5.65 Å². The van der Waals surface area contributed by atoms with Crippen LogP contribution in [-0.4, -0.2) is 46.5 Å². The summed E-state index contributed by atoms with van der Waals surface area (Å²) < 4.78 is 16.8. The lowest BCUT2D eigenvalue weighted by Gasteiger charge is -2.46. The number of nitrogens with zero attached hydrogens (tertiary/aromatic N) is 5. The Hall–Kier alpha value is -3.59. The van der Waals surface area contributed by atoms with E-state index in [1.165, 1.54) is 24.3 Å². The minimum absolute atomic E-state index is 0.0688. The van der Waals surface area contributed by atoms with Crippen LogP contribution in [0.4, 0.5) is 4.39 Å². The highest BCUT2D eigenvalue weighted by Gasteiger charge is 2.39.